The summed E-state index contributed by atoms with van der Waals surface area (Å²) < 4.78 is 16.1. The Hall–Kier alpha value is -0.650. The number of ether oxygens (including phenoxy) is 3. The zero-order valence-corrected chi connectivity index (χ0v) is 9.80. The van der Waals surface area contributed by atoms with Gasteiger partial charge in [-0.25, -0.2) is 0 Å². The van der Waals surface area contributed by atoms with Crippen LogP contribution in [0.5, 0.6) is 0 Å². The molecule has 5 heteroatoms. The monoisotopic (exact) mass is 230 g/mol. The summed E-state index contributed by atoms with van der Waals surface area (Å²) in [5.74, 6) is -0.272. The zero-order chi connectivity index (χ0) is 11.9. The highest BCUT2D eigenvalue weighted by molar-refractivity contribution is 5.75. The fourth-order valence-corrected chi connectivity index (χ4v) is 1.86. The lowest BCUT2D eigenvalue weighted by atomic mass is 9.97. The van der Waals surface area contributed by atoms with E-state index in [1.807, 2.05) is 0 Å². The molecule has 5 nitrogen and oxygen atoms in total. The smallest absolute Gasteiger partial charge is 0.311 e. The van der Waals surface area contributed by atoms with Gasteiger partial charge in [0, 0.05) is 0 Å². The lowest BCUT2D eigenvalue weighted by molar-refractivity contribution is -0.163. The second kappa shape index (κ2) is 3.98. The predicted molar refractivity (Wildman–Crippen MR) is 54.8 cm³/mol. The molecule has 0 unspecified atom stereocenters. The minimum absolute atomic E-state index is 0.249. The number of rotatable bonds is 1. The Morgan fingerprint density at radius 1 is 1.25 bits per heavy atom. The minimum Gasteiger partial charge on any atom is -0.457 e. The van der Waals surface area contributed by atoms with E-state index in [-0.39, 0.29) is 24.8 Å². The van der Waals surface area contributed by atoms with Crippen molar-refractivity contribution in [1.29, 1.82) is 0 Å². The molecule has 0 bridgehead atoms. The lowest BCUT2D eigenvalue weighted by Gasteiger charge is -2.22. The van der Waals surface area contributed by atoms with Crippen LogP contribution in [0.3, 0.4) is 0 Å². The van der Waals surface area contributed by atoms with Gasteiger partial charge in [-0.05, 0) is 20.8 Å². The minimum atomic E-state index is -0.608. The number of fused-ring (bicyclic) bond motifs is 1. The van der Waals surface area contributed by atoms with Gasteiger partial charge >= 0.3 is 5.97 Å². The summed E-state index contributed by atoms with van der Waals surface area (Å²) in [6, 6.07) is 0. The molecule has 2 aliphatic heterocycles. The van der Waals surface area contributed by atoms with Crippen LogP contribution in [0.1, 0.15) is 20.8 Å². The summed E-state index contributed by atoms with van der Waals surface area (Å²) in [5, 5.41) is 9.52. The molecule has 0 aliphatic carbocycles. The molecule has 16 heavy (non-hydrogen) atoms. The zero-order valence-electron chi connectivity index (χ0n) is 9.80. The van der Waals surface area contributed by atoms with Crippen molar-refractivity contribution >= 4 is 5.97 Å². The van der Waals surface area contributed by atoms with E-state index in [4.69, 9.17) is 14.2 Å². The van der Waals surface area contributed by atoms with Crippen molar-refractivity contribution < 1.29 is 24.1 Å². The van der Waals surface area contributed by atoms with Crippen LogP contribution in [0.2, 0.25) is 0 Å². The first kappa shape index (κ1) is 11.8. The quantitative estimate of drug-likeness (QED) is 0.647. The Morgan fingerprint density at radius 2 is 1.88 bits per heavy atom. The lowest BCUT2D eigenvalue weighted by Crippen LogP contribution is -2.37. The second-order valence-electron chi connectivity index (χ2n) is 5.36. The van der Waals surface area contributed by atoms with Gasteiger partial charge < -0.3 is 19.3 Å². The van der Waals surface area contributed by atoms with Crippen LogP contribution in [0, 0.1) is 5.41 Å². The summed E-state index contributed by atoms with van der Waals surface area (Å²) in [6.45, 7) is 5.94. The van der Waals surface area contributed by atoms with E-state index >= 15 is 0 Å². The summed E-state index contributed by atoms with van der Waals surface area (Å²) in [4.78, 5) is 11.7. The van der Waals surface area contributed by atoms with Gasteiger partial charge in [-0.1, -0.05) is 0 Å². The van der Waals surface area contributed by atoms with Crippen LogP contribution in [-0.2, 0) is 19.0 Å². The van der Waals surface area contributed by atoms with Crippen molar-refractivity contribution in [2.45, 2.75) is 45.2 Å². The van der Waals surface area contributed by atoms with Gasteiger partial charge in [-0.15, -0.1) is 0 Å². The van der Waals surface area contributed by atoms with Crippen LogP contribution in [0.25, 0.3) is 0 Å². The molecular formula is C11H18O5. The van der Waals surface area contributed by atoms with Crippen molar-refractivity contribution in [3.8, 4) is 0 Å². The molecule has 0 aromatic rings. The number of hydrogen-bond donors (Lipinski definition) is 1. The molecule has 2 saturated heterocycles. The molecule has 1 N–H and O–H groups in total. The summed E-state index contributed by atoms with van der Waals surface area (Å²) in [7, 11) is 0. The second-order valence-corrected chi connectivity index (χ2v) is 5.36. The average molecular weight is 230 g/mol. The van der Waals surface area contributed by atoms with Gasteiger partial charge in [0.25, 0.3) is 0 Å². The first-order chi connectivity index (χ1) is 7.39. The Bertz CT molecular complexity index is 283. The number of carbonyl (C=O) groups excluding carboxylic acids is 1. The third kappa shape index (κ3) is 2.07. The van der Waals surface area contributed by atoms with E-state index in [0.717, 1.165) is 0 Å². The van der Waals surface area contributed by atoms with Gasteiger partial charge in [0.1, 0.15) is 18.3 Å². The maximum absolute atomic E-state index is 11.7. The normalized spacial score (nSPS) is 38.5. The van der Waals surface area contributed by atoms with Crippen LogP contribution < -0.4 is 0 Å². The van der Waals surface area contributed by atoms with Crippen LogP contribution in [0.15, 0.2) is 0 Å². The van der Waals surface area contributed by atoms with Crippen molar-refractivity contribution in [2.75, 3.05) is 13.2 Å². The van der Waals surface area contributed by atoms with Gasteiger partial charge in [0.05, 0.1) is 18.6 Å². The van der Waals surface area contributed by atoms with E-state index < -0.39 is 17.6 Å². The standard InChI is InChI=1S/C11H18O5/c1-11(2,3)10(13)16-7-5-15-8-6(12)4-14-9(7)8/h6-9,12H,4-5H2,1-3H3/t6-,7-,8+,9+/m0/s1. The highest BCUT2D eigenvalue weighted by Crippen LogP contribution is 2.30. The third-order valence-corrected chi connectivity index (χ3v) is 2.85. The Morgan fingerprint density at radius 3 is 2.50 bits per heavy atom. The number of esters is 1. The van der Waals surface area contributed by atoms with E-state index in [1.165, 1.54) is 0 Å². The fourth-order valence-electron chi connectivity index (χ4n) is 1.86. The van der Waals surface area contributed by atoms with Crippen molar-refractivity contribution in [3.63, 3.8) is 0 Å². The van der Waals surface area contributed by atoms with Crippen LogP contribution in [0.4, 0.5) is 0 Å². The average Bonchev–Trinajstić information content (AvgIpc) is 2.70. The molecule has 0 spiro atoms. The Kier molecular flexibility index (Phi) is 2.94. The maximum atomic E-state index is 11.7. The molecule has 2 rings (SSSR count). The topological polar surface area (TPSA) is 65.0 Å². The highest BCUT2D eigenvalue weighted by atomic mass is 16.6. The summed E-state index contributed by atoms with van der Waals surface area (Å²) >= 11 is 0. The van der Waals surface area contributed by atoms with E-state index in [9.17, 15) is 9.90 Å². The number of carbonyl (C=O) groups is 1. The molecule has 92 valence electrons. The van der Waals surface area contributed by atoms with Gasteiger partial charge in [0.2, 0.25) is 0 Å². The van der Waals surface area contributed by atoms with Gasteiger partial charge in [-0.3, -0.25) is 4.79 Å². The molecule has 2 heterocycles. The Labute approximate surface area is 94.7 Å². The van der Waals surface area contributed by atoms with Crippen molar-refractivity contribution in [1.82, 2.24) is 0 Å². The number of aliphatic hydroxyl groups is 1. The molecule has 2 fully saturated rings. The molecule has 0 aromatic carbocycles. The summed E-state index contributed by atoms with van der Waals surface area (Å²) in [6.07, 6.45) is -1.67. The molecule has 0 aromatic heterocycles. The van der Waals surface area contributed by atoms with Crippen LogP contribution in [-0.4, -0.2) is 48.7 Å². The van der Waals surface area contributed by atoms with E-state index in [0.29, 0.717) is 6.61 Å². The Balaban J connectivity index is 1.95. The first-order valence-electron chi connectivity index (χ1n) is 5.52. The molecule has 2 aliphatic rings. The number of hydrogen-bond acceptors (Lipinski definition) is 5. The van der Waals surface area contributed by atoms with Gasteiger partial charge in [-0.2, -0.15) is 0 Å². The van der Waals surface area contributed by atoms with E-state index in [1.54, 1.807) is 20.8 Å². The van der Waals surface area contributed by atoms with E-state index in [2.05, 4.69) is 0 Å². The summed E-state index contributed by atoms with van der Waals surface area (Å²) in [5.41, 5.74) is -0.532. The van der Waals surface area contributed by atoms with Gasteiger partial charge in [0.15, 0.2) is 6.10 Å². The first-order valence-corrected chi connectivity index (χ1v) is 5.52. The van der Waals surface area contributed by atoms with Crippen LogP contribution >= 0.6 is 0 Å². The van der Waals surface area contributed by atoms with Crippen molar-refractivity contribution in [2.24, 2.45) is 5.41 Å². The SMILES string of the molecule is CC(C)(C)C(=O)O[C@H]1CO[C@H]2[C@@H]1OC[C@@H]2O. The predicted octanol–water partition coefficient (Wildman–Crippen LogP) is 0.103. The fraction of sp³-hybridized carbons (Fsp3) is 0.909. The number of aliphatic hydroxyl groups excluding tert-OH is 1. The largest absolute Gasteiger partial charge is 0.457 e. The van der Waals surface area contributed by atoms with Crippen molar-refractivity contribution in [3.05, 3.63) is 0 Å². The molecule has 0 amide bonds. The third-order valence-electron chi connectivity index (χ3n) is 2.85. The maximum Gasteiger partial charge on any atom is 0.311 e. The molecule has 4 atom stereocenters. The molecule has 0 saturated carbocycles. The highest BCUT2D eigenvalue weighted by Gasteiger charge is 2.49. The molecular weight excluding hydrogens is 212 g/mol. The molecule has 0 radical (unpaired) electrons.